The Hall–Kier alpha value is -2.45. The van der Waals surface area contributed by atoms with Gasteiger partial charge < -0.3 is 19.4 Å². The topological polar surface area (TPSA) is 90.9 Å². The molecule has 1 aromatic rings. The van der Waals surface area contributed by atoms with E-state index in [1.807, 2.05) is 45.9 Å². The summed E-state index contributed by atoms with van der Waals surface area (Å²) in [5, 5.41) is 2.79. The summed E-state index contributed by atoms with van der Waals surface area (Å²) in [6.07, 6.45) is 2.05. The molecule has 1 heterocycles. The van der Waals surface area contributed by atoms with E-state index in [4.69, 9.17) is 9.31 Å². The average Bonchev–Trinajstić information content (AvgIpc) is 2.90. The van der Waals surface area contributed by atoms with E-state index in [2.05, 4.69) is 10.1 Å². The smallest absolute Gasteiger partial charge is 0.469 e. The number of hydrogen-bond acceptors (Lipinski definition) is 6. The van der Waals surface area contributed by atoms with Gasteiger partial charge in [-0.15, -0.1) is 0 Å². The predicted molar refractivity (Wildman–Crippen MR) is 115 cm³/mol. The molecule has 0 bridgehead atoms. The lowest BCUT2D eigenvalue weighted by atomic mass is 9.77. The summed E-state index contributed by atoms with van der Waals surface area (Å²) in [5.41, 5.74) is 1.14. The highest BCUT2D eigenvalue weighted by Crippen LogP contribution is 2.38. The molecular weight excluding hydrogens is 385 g/mol. The summed E-state index contributed by atoms with van der Waals surface area (Å²) < 4.78 is 16.8. The highest BCUT2D eigenvalue weighted by atomic mass is 16.7. The number of hydrogen-bond donors (Lipinski definition) is 1. The van der Waals surface area contributed by atoms with Gasteiger partial charge in [-0.25, -0.2) is 0 Å². The third kappa shape index (κ3) is 6.03. The van der Waals surface area contributed by atoms with Crippen LogP contribution in [0.15, 0.2) is 29.7 Å². The van der Waals surface area contributed by atoms with Gasteiger partial charge in [0.15, 0.2) is 5.78 Å². The Bertz CT molecular complexity index is 813. The van der Waals surface area contributed by atoms with Crippen LogP contribution in [0.25, 0.3) is 6.08 Å². The van der Waals surface area contributed by atoms with Gasteiger partial charge in [-0.05, 0) is 38.7 Å². The number of Topliss-reactive ketones (excluding diaryl/α,β-unsaturated/α-hetero) is 1. The first-order chi connectivity index (χ1) is 13.9. The number of ether oxygens (including phenoxy) is 1. The molecule has 0 aliphatic carbocycles. The quantitative estimate of drug-likeness (QED) is 0.399. The van der Waals surface area contributed by atoms with Crippen molar-refractivity contribution in [3.8, 4) is 0 Å². The standard InChI is InChI=1S/C22H30BNO6/c1-15(25)24-14-18(23-29-21(2,3)22(4,5)30-23)13-16-7-9-17(10-8-16)19(26)11-12-20(27)28-6/h7-10,13H,11-12,14H2,1-6H3,(H,24,25). The van der Waals surface area contributed by atoms with Crippen molar-refractivity contribution in [3.63, 3.8) is 0 Å². The molecule has 8 heteroatoms. The fourth-order valence-electron chi connectivity index (χ4n) is 2.86. The van der Waals surface area contributed by atoms with E-state index in [1.54, 1.807) is 12.1 Å². The molecule has 1 aliphatic rings. The Balaban J connectivity index is 2.18. The van der Waals surface area contributed by atoms with Crippen molar-refractivity contribution < 1.29 is 28.4 Å². The number of benzene rings is 1. The van der Waals surface area contributed by atoms with Crippen molar-refractivity contribution in [3.05, 3.63) is 40.9 Å². The van der Waals surface area contributed by atoms with Crippen LogP contribution in [0.5, 0.6) is 0 Å². The molecule has 1 aliphatic heterocycles. The van der Waals surface area contributed by atoms with Crippen LogP contribution in [0.1, 0.15) is 63.4 Å². The van der Waals surface area contributed by atoms with Gasteiger partial charge in [0, 0.05) is 25.5 Å². The molecule has 0 aromatic heterocycles. The molecule has 1 aromatic carbocycles. The zero-order chi connectivity index (χ0) is 22.5. The second-order valence-corrected chi connectivity index (χ2v) is 8.34. The molecule has 0 unspecified atom stereocenters. The number of amides is 1. The van der Waals surface area contributed by atoms with Crippen LogP contribution < -0.4 is 5.32 Å². The van der Waals surface area contributed by atoms with Crippen molar-refractivity contribution in [1.82, 2.24) is 5.32 Å². The molecule has 30 heavy (non-hydrogen) atoms. The molecule has 0 saturated carbocycles. The maximum atomic E-state index is 12.2. The van der Waals surface area contributed by atoms with E-state index in [9.17, 15) is 14.4 Å². The Morgan fingerprint density at radius 3 is 2.10 bits per heavy atom. The molecule has 1 N–H and O–H groups in total. The Morgan fingerprint density at radius 2 is 1.60 bits per heavy atom. The van der Waals surface area contributed by atoms with Gasteiger partial charge in [0.05, 0.1) is 24.7 Å². The monoisotopic (exact) mass is 415 g/mol. The van der Waals surface area contributed by atoms with Gasteiger partial charge in [-0.1, -0.05) is 30.3 Å². The second kappa shape index (κ2) is 9.58. The minimum Gasteiger partial charge on any atom is -0.469 e. The lowest BCUT2D eigenvalue weighted by Crippen LogP contribution is -2.41. The first-order valence-electron chi connectivity index (χ1n) is 9.96. The molecule has 162 valence electrons. The number of nitrogens with one attached hydrogen (secondary N) is 1. The number of ketones is 1. The third-order valence-corrected chi connectivity index (χ3v) is 5.47. The van der Waals surface area contributed by atoms with Crippen LogP contribution in [-0.2, 0) is 23.6 Å². The van der Waals surface area contributed by atoms with E-state index in [1.165, 1.54) is 14.0 Å². The first-order valence-corrected chi connectivity index (χ1v) is 9.96. The molecule has 0 radical (unpaired) electrons. The molecule has 1 fully saturated rings. The van der Waals surface area contributed by atoms with Crippen molar-refractivity contribution >= 4 is 30.9 Å². The summed E-state index contributed by atoms with van der Waals surface area (Å²) in [4.78, 5) is 34.9. The van der Waals surface area contributed by atoms with Gasteiger partial charge in [-0.2, -0.15) is 0 Å². The number of carbonyl (C=O) groups excluding carboxylic acids is 3. The normalized spacial score (nSPS) is 17.5. The summed E-state index contributed by atoms with van der Waals surface area (Å²) in [6.45, 7) is 9.62. The lowest BCUT2D eigenvalue weighted by molar-refractivity contribution is -0.140. The SMILES string of the molecule is COC(=O)CCC(=O)c1ccc(C=C(CNC(C)=O)B2OC(C)(C)C(C)(C)O2)cc1. The number of rotatable bonds is 8. The molecule has 2 rings (SSSR count). The summed E-state index contributed by atoms with van der Waals surface area (Å²) in [6, 6.07) is 7.05. The van der Waals surface area contributed by atoms with Gasteiger partial charge >= 0.3 is 13.1 Å². The fraction of sp³-hybridized carbons (Fsp3) is 0.500. The second-order valence-electron chi connectivity index (χ2n) is 8.34. The average molecular weight is 415 g/mol. The van der Waals surface area contributed by atoms with Gasteiger partial charge in [0.25, 0.3) is 0 Å². The third-order valence-electron chi connectivity index (χ3n) is 5.47. The van der Waals surface area contributed by atoms with Gasteiger partial charge in [0.2, 0.25) is 5.91 Å². The van der Waals surface area contributed by atoms with Crippen molar-refractivity contribution in [2.24, 2.45) is 0 Å². The maximum absolute atomic E-state index is 12.2. The van der Waals surface area contributed by atoms with Gasteiger partial charge in [0.1, 0.15) is 0 Å². The number of carbonyl (C=O) groups is 3. The van der Waals surface area contributed by atoms with E-state index < -0.39 is 24.3 Å². The lowest BCUT2D eigenvalue weighted by Gasteiger charge is -2.32. The summed E-state index contributed by atoms with van der Waals surface area (Å²) >= 11 is 0. The zero-order valence-electron chi connectivity index (χ0n) is 18.5. The van der Waals surface area contributed by atoms with Crippen LogP contribution in [0.3, 0.4) is 0 Å². The molecule has 0 atom stereocenters. The van der Waals surface area contributed by atoms with Crippen molar-refractivity contribution in [2.75, 3.05) is 13.7 Å². The number of esters is 1. The van der Waals surface area contributed by atoms with Crippen LogP contribution in [-0.4, -0.2) is 49.6 Å². The highest BCUT2D eigenvalue weighted by Gasteiger charge is 2.52. The maximum Gasteiger partial charge on any atom is 0.492 e. The largest absolute Gasteiger partial charge is 0.492 e. The summed E-state index contributed by atoms with van der Waals surface area (Å²) in [5.74, 6) is -0.683. The van der Waals surface area contributed by atoms with Crippen LogP contribution in [0.2, 0.25) is 0 Å². The molecule has 7 nitrogen and oxygen atoms in total. The molecule has 1 amide bonds. The molecule has 1 saturated heterocycles. The minimum absolute atomic E-state index is 0.0553. The Kier molecular flexibility index (Phi) is 7.61. The summed E-state index contributed by atoms with van der Waals surface area (Å²) in [7, 11) is 0.704. The molecular formula is C22H30BNO6. The van der Waals surface area contributed by atoms with E-state index >= 15 is 0 Å². The number of methoxy groups -OCH3 is 1. The Morgan fingerprint density at radius 1 is 1.03 bits per heavy atom. The minimum atomic E-state index is -0.594. The fourth-order valence-corrected chi connectivity index (χ4v) is 2.86. The molecule has 0 spiro atoms. The highest BCUT2D eigenvalue weighted by molar-refractivity contribution is 6.56. The van der Waals surface area contributed by atoms with Crippen LogP contribution in [0.4, 0.5) is 0 Å². The van der Waals surface area contributed by atoms with E-state index in [0.717, 1.165) is 11.0 Å². The van der Waals surface area contributed by atoms with E-state index in [-0.39, 0.29) is 31.1 Å². The van der Waals surface area contributed by atoms with Crippen LogP contribution >= 0.6 is 0 Å². The van der Waals surface area contributed by atoms with Gasteiger partial charge in [-0.3, -0.25) is 14.4 Å². The van der Waals surface area contributed by atoms with Crippen molar-refractivity contribution in [1.29, 1.82) is 0 Å². The predicted octanol–water partition coefficient (Wildman–Crippen LogP) is 2.97. The zero-order valence-corrected chi connectivity index (χ0v) is 18.5. The Labute approximate surface area is 178 Å². The first kappa shape index (κ1) is 23.8. The van der Waals surface area contributed by atoms with Crippen molar-refractivity contribution in [2.45, 2.75) is 58.7 Å². The van der Waals surface area contributed by atoms with Crippen LogP contribution in [0, 0.1) is 0 Å². The van der Waals surface area contributed by atoms with E-state index in [0.29, 0.717) is 5.56 Å².